The first-order chi connectivity index (χ1) is 10.0. The zero-order chi connectivity index (χ0) is 14.9. The summed E-state index contributed by atoms with van der Waals surface area (Å²) >= 11 is 0. The van der Waals surface area contributed by atoms with Crippen molar-refractivity contribution in [3.63, 3.8) is 0 Å². The van der Waals surface area contributed by atoms with Crippen molar-refractivity contribution in [2.24, 2.45) is 0 Å². The summed E-state index contributed by atoms with van der Waals surface area (Å²) in [5.74, 6) is 1.69. The summed E-state index contributed by atoms with van der Waals surface area (Å²) in [7, 11) is 0. The lowest BCUT2D eigenvalue weighted by Gasteiger charge is -2.19. The summed E-state index contributed by atoms with van der Waals surface area (Å²) in [4.78, 5) is 0. The van der Waals surface area contributed by atoms with Gasteiger partial charge in [0.25, 0.3) is 0 Å². The molecule has 0 N–H and O–H groups in total. The lowest BCUT2D eigenvalue weighted by atomic mass is 9.87. The Morgan fingerprint density at radius 1 is 1.00 bits per heavy atom. The van der Waals surface area contributed by atoms with E-state index in [0.29, 0.717) is 11.8 Å². The van der Waals surface area contributed by atoms with Crippen LogP contribution in [0.3, 0.4) is 0 Å². The largest absolute Gasteiger partial charge is 0.420 e. The van der Waals surface area contributed by atoms with E-state index in [0.717, 1.165) is 37.5 Å². The van der Waals surface area contributed by atoms with Crippen molar-refractivity contribution in [2.75, 3.05) is 13.2 Å². The van der Waals surface area contributed by atoms with Gasteiger partial charge in [-0.1, -0.05) is 32.9 Å². The smallest absolute Gasteiger partial charge is 0.247 e. The SMILES string of the molecule is CC(C)(C)c1ccc(-c2nnc(C3CCOCC3)o2)cc1. The molecule has 3 rings (SSSR count). The summed E-state index contributed by atoms with van der Waals surface area (Å²) in [6, 6.07) is 8.38. The molecular weight excluding hydrogens is 264 g/mol. The fourth-order valence-electron chi connectivity index (χ4n) is 2.57. The Morgan fingerprint density at radius 3 is 2.29 bits per heavy atom. The van der Waals surface area contributed by atoms with Crippen molar-refractivity contribution in [1.29, 1.82) is 0 Å². The second kappa shape index (κ2) is 5.60. The molecule has 1 aromatic heterocycles. The van der Waals surface area contributed by atoms with E-state index in [4.69, 9.17) is 9.15 Å². The number of rotatable bonds is 2. The van der Waals surface area contributed by atoms with Crippen molar-refractivity contribution in [1.82, 2.24) is 10.2 Å². The summed E-state index contributed by atoms with van der Waals surface area (Å²) < 4.78 is 11.2. The first-order valence-corrected chi connectivity index (χ1v) is 7.56. The van der Waals surface area contributed by atoms with E-state index in [1.165, 1.54) is 5.56 Å². The molecule has 4 nitrogen and oxygen atoms in total. The van der Waals surface area contributed by atoms with E-state index in [1.807, 2.05) is 0 Å². The normalized spacial score (nSPS) is 17.1. The highest BCUT2D eigenvalue weighted by atomic mass is 16.5. The van der Waals surface area contributed by atoms with Crippen molar-refractivity contribution >= 4 is 0 Å². The Kier molecular flexibility index (Phi) is 3.81. The Balaban J connectivity index is 1.79. The average molecular weight is 286 g/mol. The van der Waals surface area contributed by atoms with Crippen LogP contribution in [0.4, 0.5) is 0 Å². The van der Waals surface area contributed by atoms with Crippen LogP contribution in [0.15, 0.2) is 28.7 Å². The molecule has 2 aromatic rings. The van der Waals surface area contributed by atoms with Crippen LogP contribution in [0.25, 0.3) is 11.5 Å². The molecule has 0 amide bonds. The van der Waals surface area contributed by atoms with Crippen LogP contribution in [0.2, 0.25) is 0 Å². The number of ether oxygens (including phenoxy) is 1. The molecule has 0 aliphatic carbocycles. The second-order valence-corrected chi connectivity index (χ2v) is 6.66. The maximum absolute atomic E-state index is 5.86. The molecule has 1 aliphatic rings. The van der Waals surface area contributed by atoms with E-state index in [9.17, 15) is 0 Å². The predicted octanol–water partition coefficient (Wildman–Crippen LogP) is 3.93. The number of benzene rings is 1. The first-order valence-electron chi connectivity index (χ1n) is 7.56. The van der Waals surface area contributed by atoms with Crippen LogP contribution in [0.1, 0.15) is 51.0 Å². The van der Waals surface area contributed by atoms with Crippen LogP contribution < -0.4 is 0 Å². The molecule has 0 bridgehead atoms. The third kappa shape index (κ3) is 3.16. The molecule has 1 fully saturated rings. The average Bonchev–Trinajstić information content (AvgIpc) is 2.97. The van der Waals surface area contributed by atoms with Gasteiger partial charge in [-0.25, -0.2) is 0 Å². The van der Waals surface area contributed by atoms with Gasteiger partial charge >= 0.3 is 0 Å². The van der Waals surface area contributed by atoms with Gasteiger partial charge < -0.3 is 9.15 Å². The molecule has 1 aliphatic heterocycles. The maximum atomic E-state index is 5.86. The Bertz CT molecular complexity index is 590. The molecule has 0 unspecified atom stereocenters. The van der Waals surface area contributed by atoms with Gasteiger partial charge in [0.05, 0.1) is 0 Å². The van der Waals surface area contributed by atoms with Gasteiger partial charge in [-0.2, -0.15) is 0 Å². The minimum absolute atomic E-state index is 0.153. The zero-order valence-corrected chi connectivity index (χ0v) is 12.9. The highest BCUT2D eigenvalue weighted by Gasteiger charge is 2.22. The zero-order valence-electron chi connectivity index (χ0n) is 12.9. The molecular formula is C17H22N2O2. The minimum atomic E-state index is 0.153. The number of hydrogen-bond acceptors (Lipinski definition) is 4. The van der Waals surface area contributed by atoms with Gasteiger partial charge in [-0.3, -0.25) is 0 Å². The Labute approximate surface area is 125 Å². The van der Waals surface area contributed by atoms with Crippen molar-refractivity contribution < 1.29 is 9.15 Å². The molecule has 0 saturated carbocycles. The van der Waals surface area contributed by atoms with Gasteiger partial charge in [-0.15, -0.1) is 10.2 Å². The third-order valence-electron chi connectivity index (χ3n) is 4.01. The lowest BCUT2D eigenvalue weighted by Crippen LogP contribution is -2.14. The van der Waals surface area contributed by atoms with Crippen LogP contribution in [0.5, 0.6) is 0 Å². The highest BCUT2D eigenvalue weighted by molar-refractivity contribution is 5.53. The molecule has 2 heterocycles. The third-order valence-corrected chi connectivity index (χ3v) is 4.01. The fraction of sp³-hybridized carbons (Fsp3) is 0.529. The Hall–Kier alpha value is -1.68. The van der Waals surface area contributed by atoms with Crippen molar-refractivity contribution in [2.45, 2.75) is 44.9 Å². The van der Waals surface area contributed by atoms with Crippen LogP contribution in [0, 0.1) is 0 Å². The summed E-state index contributed by atoms with van der Waals surface area (Å²) in [6.07, 6.45) is 1.93. The molecule has 1 saturated heterocycles. The summed E-state index contributed by atoms with van der Waals surface area (Å²) in [6.45, 7) is 8.18. The van der Waals surface area contributed by atoms with Gasteiger partial charge in [-0.05, 0) is 36.0 Å². The van der Waals surface area contributed by atoms with Gasteiger partial charge in [0.1, 0.15) is 0 Å². The second-order valence-electron chi connectivity index (χ2n) is 6.66. The van der Waals surface area contributed by atoms with E-state index in [-0.39, 0.29) is 5.41 Å². The monoisotopic (exact) mass is 286 g/mol. The number of nitrogens with zero attached hydrogens (tertiary/aromatic N) is 2. The van der Waals surface area contributed by atoms with Crippen LogP contribution in [-0.4, -0.2) is 23.4 Å². The van der Waals surface area contributed by atoms with E-state index >= 15 is 0 Å². The summed E-state index contributed by atoms with van der Waals surface area (Å²) in [5, 5.41) is 8.41. The molecule has 21 heavy (non-hydrogen) atoms. The molecule has 4 heteroatoms. The number of hydrogen-bond donors (Lipinski definition) is 0. The van der Waals surface area contributed by atoms with Crippen molar-refractivity contribution in [3.8, 4) is 11.5 Å². The molecule has 0 atom stereocenters. The topological polar surface area (TPSA) is 48.2 Å². The number of aromatic nitrogens is 2. The fourth-order valence-corrected chi connectivity index (χ4v) is 2.57. The van der Waals surface area contributed by atoms with Gasteiger partial charge in [0, 0.05) is 24.7 Å². The maximum Gasteiger partial charge on any atom is 0.247 e. The first kappa shape index (κ1) is 14.3. The highest BCUT2D eigenvalue weighted by Crippen LogP contribution is 2.29. The summed E-state index contributed by atoms with van der Waals surface area (Å²) in [5.41, 5.74) is 2.44. The predicted molar refractivity (Wildman–Crippen MR) is 81.2 cm³/mol. The molecule has 0 spiro atoms. The molecule has 112 valence electrons. The minimum Gasteiger partial charge on any atom is -0.420 e. The van der Waals surface area contributed by atoms with Crippen molar-refractivity contribution in [3.05, 3.63) is 35.7 Å². The standard InChI is InChI=1S/C17H22N2O2/c1-17(2,3)14-6-4-12(5-7-14)15-18-19-16(21-15)13-8-10-20-11-9-13/h4-7,13H,8-11H2,1-3H3. The molecule has 0 radical (unpaired) electrons. The van der Waals surface area contributed by atoms with Crippen LogP contribution in [-0.2, 0) is 10.2 Å². The van der Waals surface area contributed by atoms with E-state index in [2.05, 4.69) is 55.2 Å². The molecule has 1 aromatic carbocycles. The van der Waals surface area contributed by atoms with E-state index < -0.39 is 0 Å². The van der Waals surface area contributed by atoms with E-state index in [1.54, 1.807) is 0 Å². The van der Waals surface area contributed by atoms with Gasteiger partial charge in [0.15, 0.2) is 0 Å². The Morgan fingerprint density at radius 2 is 1.67 bits per heavy atom. The quantitative estimate of drug-likeness (QED) is 0.839. The van der Waals surface area contributed by atoms with Crippen LogP contribution >= 0.6 is 0 Å². The van der Waals surface area contributed by atoms with Gasteiger partial charge in [0.2, 0.25) is 11.8 Å². The lowest BCUT2D eigenvalue weighted by molar-refractivity contribution is 0.0795.